The van der Waals surface area contributed by atoms with Crippen LogP contribution in [0.5, 0.6) is 11.5 Å². The van der Waals surface area contributed by atoms with Crippen molar-refractivity contribution in [1.29, 1.82) is 0 Å². The summed E-state index contributed by atoms with van der Waals surface area (Å²) in [4.78, 5) is 34.7. The highest BCUT2D eigenvalue weighted by molar-refractivity contribution is 5.97. The van der Waals surface area contributed by atoms with E-state index in [0.717, 1.165) is 40.6 Å². The number of para-hydroxylation sites is 1. The lowest BCUT2D eigenvalue weighted by Crippen LogP contribution is -2.62. The van der Waals surface area contributed by atoms with Gasteiger partial charge in [-0.2, -0.15) is 0 Å². The van der Waals surface area contributed by atoms with E-state index >= 15 is 0 Å². The van der Waals surface area contributed by atoms with Gasteiger partial charge >= 0.3 is 0 Å². The first-order chi connectivity index (χ1) is 18.2. The second kappa shape index (κ2) is 8.69. The Labute approximate surface area is 214 Å². The lowest BCUT2D eigenvalue weighted by atomic mass is 9.86. The Bertz CT molecular complexity index is 1510. The number of rotatable bonds is 5. The van der Waals surface area contributed by atoms with Gasteiger partial charge in [0.25, 0.3) is 0 Å². The summed E-state index contributed by atoms with van der Waals surface area (Å²) in [7, 11) is 0. The Morgan fingerprint density at radius 1 is 0.892 bits per heavy atom. The molecule has 4 aromatic rings. The van der Waals surface area contributed by atoms with Crippen molar-refractivity contribution in [3.63, 3.8) is 0 Å². The van der Waals surface area contributed by atoms with Gasteiger partial charge in [-0.3, -0.25) is 9.59 Å². The highest BCUT2D eigenvalue weighted by Crippen LogP contribution is 2.41. The molecular weight excluding hydrogens is 466 g/mol. The normalized spacial score (nSPS) is 20.3. The number of fused-ring (bicyclic) bond motifs is 5. The number of piperazine rings is 1. The monoisotopic (exact) mass is 493 g/mol. The van der Waals surface area contributed by atoms with Crippen molar-refractivity contribution in [2.45, 2.75) is 37.9 Å². The number of hydrogen-bond acceptors (Lipinski definition) is 4. The van der Waals surface area contributed by atoms with E-state index in [4.69, 9.17) is 9.47 Å². The van der Waals surface area contributed by atoms with Crippen LogP contribution in [0.25, 0.3) is 10.9 Å². The summed E-state index contributed by atoms with van der Waals surface area (Å²) in [6.45, 7) is 0.635. The first-order valence-electron chi connectivity index (χ1n) is 12.8. The molecule has 0 radical (unpaired) electrons. The standard InChI is InChI=1S/C30H27N3O4/c34-28-17-32(16-20-11-13-26-27(14-20)37-18-36-26)30(35)25-15-22-21-8-4-5-9-23(21)31-29(22)24(33(25)28)12-10-19-6-2-1-3-7-19/h1-9,11,13-14,24-25,31H,10,12,15-18H2. The van der Waals surface area contributed by atoms with Gasteiger partial charge in [-0.25, -0.2) is 0 Å². The number of benzene rings is 3. The Morgan fingerprint density at radius 3 is 2.59 bits per heavy atom. The summed E-state index contributed by atoms with van der Waals surface area (Å²) < 4.78 is 10.9. The van der Waals surface area contributed by atoms with Gasteiger partial charge in [0.15, 0.2) is 11.5 Å². The van der Waals surface area contributed by atoms with Gasteiger partial charge in [-0.15, -0.1) is 0 Å². The van der Waals surface area contributed by atoms with Gasteiger partial charge in [0.2, 0.25) is 18.6 Å². The number of aromatic nitrogens is 1. The summed E-state index contributed by atoms with van der Waals surface area (Å²) in [6.07, 6.45) is 2.09. The van der Waals surface area contributed by atoms with E-state index in [2.05, 4.69) is 29.2 Å². The fourth-order valence-corrected chi connectivity index (χ4v) is 6.09. The van der Waals surface area contributed by atoms with Crippen LogP contribution in [0.1, 0.15) is 34.8 Å². The summed E-state index contributed by atoms with van der Waals surface area (Å²) in [6, 6.07) is 23.5. The maximum absolute atomic E-state index is 13.9. The highest BCUT2D eigenvalue weighted by Gasteiger charge is 2.47. The van der Waals surface area contributed by atoms with Crippen LogP contribution in [0.2, 0.25) is 0 Å². The average Bonchev–Trinajstić information content (AvgIpc) is 3.54. The van der Waals surface area contributed by atoms with E-state index in [1.54, 1.807) is 4.90 Å². The molecule has 1 N–H and O–H groups in total. The number of nitrogens with zero attached hydrogens (tertiary/aromatic N) is 2. The van der Waals surface area contributed by atoms with Gasteiger partial charge in [0.1, 0.15) is 12.6 Å². The predicted octanol–water partition coefficient (Wildman–Crippen LogP) is 4.37. The summed E-state index contributed by atoms with van der Waals surface area (Å²) in [5.74, 6) is 1.37. The Morgan fingerprint density at radius 2 is 1.70 bits per heavy atom. The number of ether oxygens (including phenoxy) is 2. The number of nitrogens with one attached hydrogen (secondary N) is 1. The zero-order valence-electron chi connectivity index (χ0n) is 20.4. The lowest BCUT2D eigenvalue weighted by Gasteiger charge is -2.47. The van der Waals surface area contributed by atoms with Crippen molar-refractivity contribution in [2.75, 3.05) is 13.3 Å². The molecule has 7 heteroatoms. The van der Waals surface area contributed by atoms with E-state index in [1.165, 1.54) is 5.56 Å². The van der Waals surface area contributed by atoms with Gasteiger partial charge in [0.05, 0.1) is 6.04 Å². The molecule has 3 aromatic carbocycles. The molecule has 3 aliphatic rings. The molecule has 7 rings (SSSR count). The molecule has 2 unspecified atom stereocenters. The van der Waals surface area contributed by atoms with Crippen molar-refractivity contribution < 1.29 is 19.1 Å². The van der Waals surface area contributed by atoms with Gasteiger partial charge in [-0.1, -0.05) is 54.6 Å². The molecule has 4 heterocycles. The SMILES string of the molecule is O=C1C2Cc3c([nH]c4ccccc34)C(CCc3ccccc3)N2C(=O)CN1Cc1ccc2c(c1)OCO2. The van der Waals surface area contributed by atoms with Crippen LogP contribution in [0.15, 0.2) is 72.8 Å². The second-order valence-corrected chi connectivity index (χ2v) is 10.0. The third-order valence-corrected chi connectivity index (χ3v) is 7.82. The van der Waals surface area contributed by atoms with E-state index in [-0.39, 0.29) is 31.2 Å². The zero-order valence-corrected chi connectivity index (χ0v) is 20.4. The first kappa shape index (κ1) is 22.0. The van der Waals surface area contributed by atoms with Gasteiger partial charge < -0.3 is 24.3 Å². The minimum atomic E-state index is -0.511. The molecule has 0 aliphatic carbocycles. The average molecular weight is 494 g/mol. The maximum atomic E-state index is 13.9. The quantitative estimate of drug-likeness (QED) is 0.448. The Kier molecular flexibility index (Phi) is 5.16. The fraction of sp³-hybridized carbons (Fsp3) is 0.267. The number of H-pyrrole nitrogens is 1. The molecule has 1 aromatic heterocycles. The van der Waals surface area contributed by atoms with Crippen LogP contribution < -0.4 is 9.47 Å². The molecule has 3 aliphatic heterocycles. The van der Waals surface area contributed by atoms with E-state index in [9.17, 15) is 9.59 Å². The molecule has 0 saturated carbocycles. The molecule has 1 fully saturated rings. The maximum Gasteiger partial charge on any atom is 0.246 e. The molecule has 7 nitrogen and oxygen atoms in total. The Hall–Kier alpha value is -4.26. The van der Waals surface area contributed by atoms with Crippen LogP contribution in [0.4, 0.5) is 0 Å². The van der Waals surface area contributed by atoms with Crippen LogP contribution in [0, 0.1) is 0 Å². The van der Waals surface area contributed by atoms with Crippen molar-refractivity contribution in [1.82, 2.24) is 14.8 Å². The van der Waals surface area contributed by atoms with E-state index in [0.29, 0.717) is 24.5 Å². The van der Waals surface area contributed by atoms with Crippen LogP contribution >= 0.6 is 0 Å². The lowest BCUT2D eigenvalue weighted by molar-refractivity contribution is -0.160. The van der Waals surface area contributed by atoms with Crippen molar-refractivity contribution in [3.05, 3.63) is 95.2 Å². The Balaban J connectivity index is 1.22. The minimum Gasteiger partial charge on any atom is -0.454 e. The van der Waals surface area contributed by atoms with Gasteiger partial charge in [0, 0.05) is 29.6 Å². The number of amides is 2. The molecule has 37 heavy (non-hydrogen) atoms. The molecular formula is C30H27N3O4. The number of aryl methyl sites for hydroxylation is 1. The van der Waals surface area contributed by atoms with Crippen LogP contribution in [-0.4, -0.2) is 46.0 Å². The third kappa shape index (κ3) is 3.73. The summed E-state index contributed by atoms with van der Waals surface area (Å²) >= 11 is 0. The molecule has 2 amide bonds. The molecule has 2 atom stereocenters. The number of hydrogen-bond donors (Lipinski definition) is 1. The smallest absolute Gasteiger partial charge is 0.246 e. The van der Waals surface area contributed by atoms with Crippen LogP contribution in [0.3, 0.4) is 0 Å². The molecule has 0 spiro atoms. The molecule has 186 valence electrons. The number of carbonyl (C=O) groups excluding carboxylic acids is 2. The van der Waals surface area contributed by atoms with Crippen LogP contribution in [-0.2, 0) is 29.0 Å². The number of aromatic amines is 1. The summed E-state index contributed by atoms with van der Waals surface area (Å²) in [5.41, 5.74) is 5.42. The van der Waals surface area contributed by atoms with E-state index in [1.807, 2.05) is 53.4 Å². The molecule has 0 bridgehead atoms. The zero-order chi connectivity index (χ0) is 24.9. The van der Waals surface area contributed by atoms with Crippen molar-refractivity contribution >= 4 is 22.7 Å². The fourth-order valence-electron chi connectivity index (χ4n) is 6.09. The highest BCUT2D eigenvalue weighted by atomic mass is 16.7. The first-order valence-corrected chi connectivity index (χ1v) is 12.8. The predicted molar refractivity (Wildman–Crippen MR) is 138 cm³/mol. The number of carbonyl (C=O) groups is 2. The van der Waals surface area contributed by atoms with Gasteiger partial charge in [-0.05, 0) is 47.7 Å². The topological polar surface area (TPSA) is 74.9 Å². The van der Waals surface area contributed by atoms with Crippen molar-refractivity contribution in [3.8, 4) is 11.5 Å². The summed E-state index contributed by atoms with van der Waals surface area (Å²) in [5, 5.41) is 1.13. The largest absolute Gasteiger partial charge is 0.454 e. The second-order valence-electron chi connectivity index (χ2n) is 10.0. The van der Waals surface area contributed by atoms with Crippen molar-refractivity contribution in [2.24, 2.45) is 0 Å². The minimum absolute atomic E-state index is 0.00194. The van der Waals surface area contributed by atoms with E-state index < -0.39 is 6.04 Å². The molecule has 1 saturated heterocycles. The third-order valence-electron chi connectivity index (χ3n) is 7.82.